The molecule has 0 radical (unpaired) electrons. The van der Waals surface area contributed by atoms with Gasteiger partial charge in [0.05, 0.1) is 0 Å². The second-order valence-electron chi connectivity index (χ2n) is 5.75. The molecule has 0 aromatic rings. The molecule has 1 heteroatoms. The number of Topliss-reactive ketones (excluding diaryl/α,β-unsaturated/α-hetero) is 1. The molecule has 2 fully saturated rings. The molecule has 0 aromatic carbocycles. The molecule has 0 heterocycles. The van der Waals surface area contributed by atoms with Crippen molar-refractivity contribution in [2.75, 3.05) is 0 Å². The van der Waals surface area contributed by atoms with Crippen molar-refractivity contribution in [2.45, 2.75) is 47.0 Å². The minimum atomic E-state index is -0.0694. The average molecular weight is 166 g/mol. The second kappa shape index (κ2) is 1.78. The molecule has 2 aliphatic carbocycles. The zero-order valence-electron chi connectivity index (χ0n) is 8.53. The van der Waals surface area contributed by atoms with Gasteiger partial charge >= 0.3 is 0 Å². The fraction of sp³-hybridized carbons (Fsp3) is 0.909. The van der Waals surface area contributed by atoms with Gasteiger partial charge in [0.25, 0.3) is 0 Å². The summed E-state index contributed by atoms with van der Waals surface area (Å²) in [5.41, 5.74) is 0.247. The van der Waals surface area contributed by atoms with Gasteiger partial charge in [0.15, 0.2) is 0 Å². The maximum atomic E-state index is 12.0. The van der Waals surface area contributed by atoms with Gasteiger partial charge in [-0.25, -0.2) is 0 Å². The Balaban J connectivity index is 2.51. The van der Waals surface area contributed by atoms with Crippen LogP contribution in [0.2, 0.25) is 0 Å². The van der Waals surface area contributed by atoms with Gasteiger partial charge in [-0.2, -0.15) is 0 Å². The highest BCUT2D eigenvalue weighted by Crippen LogP contribution is 2.67. The first kappa shape index (κ1) is 8.28. The molecule has 0 saturated heterocycles. The lowest BCUT2D eigenvalue weighted by atomic mass is 9.64. The lowest BCUT2D eigenvalue weighted by Crippen LogP contribution is -2.39. The molecule has 2 bridgehead atoms. The van der Waals surface area contributed by atoms with Crippen LogP contribution in [0.4, 0.5) is 0 Å². The van der Waals surface area contributed by atoms with Crippen molar-refractivity contribution in [3.63, 3.8) is 0 Å². The maximum Gasteiger partial charge on any atom is 0.144 e. The highest BCUT2D eigenvalue weighted by Gasteiger charge is 2.65. The van der Waals surface area contributed by atoms with Crippen molar-refractivity contribution < 1.29 is 4.79 Å². The molecule has 68 valence electrons. The van der Waals surface area contributed by atoms with E-state index in [-0.39, 0.29) is 10.8 Å². The van der Waals surface area contributed by atoms with E-state index in [2.05, 4.69) is 27.7 Å². The first-order valence-electron chi connectivity index (χ1n) is 4.87. The Bertz CT molecular complexity index is 254. The van der Waals surface area contributed by atoms with E-state index in [0.29, 0.717) is 11.2 Å². The first-order valence-corrected chi connectivity index (χ1v) is 4.87. The van der Waals surface area contributed by atoms with Gasteiger partial charge in [0.1, 0.15) is 5.78 Å². The minimum Gasteiger partial charge on any atom is -0.298 e. The van der Waals surface area contributed by atoms with Crippen molar-refractivity contribution >= 4 is 5.78 Å². The third kappa shape index (κ3) is 0.641. The quantitative estimate of drug-likeness (QED) is 0.541. The van der Waals surface area contributed by atoms with Crippen LogP contribution in [-0.4, -0.2) is 5.78 Å². The summed E-state index contributed by atoms with van der Waals surface area (Å²) in [6.07, 6.45) is 3.47. The van der Waals surface area contributed by atoms with E-state index >= 15 is 0 Å². The third-order valence-corrected chi connectivity index (χ3v) is 4.63. The average Bonchev–Trinajstić information content (AvgIpc) is 2.32. The van der Waals surface area contributed by atoms with E-state index < -0.39 is 0 Å². The molecular weight excluding hydrogens is 148 g/mol. The van der Waals surface area contributed by atoms with Crippen LogP contribution >= 0.6 is 0 Å². The molecule has 0 aromatic heterocycles. The molecule has 12 heavy (non-hydrogen) atoms. The molecule has 0 amide bonds. The van der Waals surface area contributed by atoms with Crippen LogP contribution in [0.3, 0.4) is 0 Å². The van der Waals surface area contributed by atoms with E-state index in [1.807, 2.05) is 0 Å². The second-order valence-corrected chi connectivity index (χ2v) is 5.75. The van der Waals surface area contributed by atoms with Crippen molar-refractivity contribution in [3.05, 3.63) is 0 Å². The molecule has 2 rings (SSSR count). The normalized spacial score (nSPS) is 50.2. The Morgan fingerprint density at radius 3 is 1.92 bits per heavy atom. The van der Waals surface area contributed by atoms with Gasteiger partial charge in [0, 0.05) is 10.8 Å². The zero-order chi connectivity index (χ0) is 9.20. The van der Waals surface area contributed by atoms with Gasteiger partial charge < -0.3 is 0 Å². The van der Waals surface area contributed by atoms with Crippen LogP contribution in [-0.2, 0) is 4.79 Å². The van der Waals surface area contributed by atoms with Crippen LogP contribution in [0.1, 0.15) is 47.0 Å². The lowest BCUT2D eigenvalue weighted by molar-refractivity contribution is -0.136. The van der Waals surface area contributed by atoms with E-state index in [1.54, 1.807) is 0 Å². The summed E-state index contributed by atoms with van der Waals surface area (Å²) in [6.45, 7) is 8.68. The molecule has 1 nitrogen and oxygen atoms in total. The Hall–Kier alpha value is -0.330. The molecule has 0 spiro atoms. The summed E-state index contributed by atoms with van der Waals surface area (Å²) in [5, 5.41) is 0. The molecular formula is C11H18O. The summed E-state index contributed by atoms with van der Waals surface area (Å²) in [6, 6.07) is 0. The van der Waals surface area contributed by atoms with Crippen molar-refractivity contribution in [1.82, 2.24) is 0 Å². The Morgan fingerprint density at radius 1 is 1.08 bits per heavy atom. The fourth-order valence-electron chi connectivity index (χ4n) is 3.35. The van der Waals surface area contributed by atoms with Gasteiger partial charge in [-0.05, 0) is 24.7 Å². The van der Waals surface area contributed by atoms with E-state index in [9.17, 15) is 4.79 Å². The smallest absolute Gasteiger partial charge is 0.144 e. The van der Waals surface area contributed by atoms with E-state index in [1.165, 1.54) is 6.42 Å². The molecule has 2 atom stereocenters. The Kier molecular flexibility index (Phi) is 1.23. The number of rotatable bonds is 0. The van der Waals surface area contributed by atoms with Gasteiger partial charge in [-0.3, -0.25) is 4.79 Å². The minimum absolute atomic E-state index is 0.0260. The predicted octanol–water partition coefficient (Wildman–Crippen LogP) is 2.79. The lowest BCUT2D eigenvalue weighted by Gasteiger charge is -2.38. The highest BCUT2D eigenvalue weighted by molar-refractivity contribution is 5.93. The van der Waals surface area contributed by atoms with Gasteiger partial charge in [-0.15, -0.1) is 0 Å². The zero-order valence-corrected chi connectivity index (χ0v) is 8.53. The van der Waals surface area contributed by atoms with Gasteiger partial charge in [-0.1, -0.05) is 27.7 Å². The number of fused-ring (bicyclic) bond motifs is 2. The largest absolute Gasteiger partial charge is 0.298 e. The van der Waals surface area contributed by atoms with Crippen LogP contribution in [0.15, 0.2) is 0 Å². The van der Waals surface area contributed by atoms with Crippen LogP contribution in [0.5, 0.6) is 0 Å². The van der Waals surface area contributed by atoms with Crippen LogP contribution < -0.4 is 0 Å². The molecule has 0 unspecified atom stereocenters. The summed E-state index contributed by atoms with van der Waals surface area (Å²) >= 11 is 0. The van der Waals surface area contributed by atoms with Crippen LogP contribution in [0.25, 0.3) is 0 Å². The molecule has 0 N–H and O–H groups in total. The summed E-state index contributed by atoms with van der Waals surface area (Å²) in [4.78, 5) is 12.0. The number of hydrogen-bond donors (Lipinski definition) is 0. The topological polar surface area (TPSA) is 17.1 Å². The number of ketones is 1. The third-order valence-electron chi connectivity index (χ3n) is 4.63. The first-order chi connectivity index (χ1) is 5.32. The maximum absolute atomic E-state index is 12.0. The highest BCUT2D eigenvalue weighted by atomic mass is 16.1. The van der Waals surface area contributed by atoms with E-state index in [4.69, 9.17) is 0 Å². The predicted molar refractivity (Wildman–Crippen MR) is 48.9 cm³/mol. The van der Waals surface area contributed by atoms with E-state index in [0.717, 1.165) is 12.8 Å². The van der Waals surface area contributed by atoms with Crippen molar-refractivity contribution in [2.24, 2.45) is 16.2 Å². The fourth-order valence-corrected chi connectivity index (χ4v) is 3.35. The molecule has 0 aliphatic heterocycles. The molecule has 2 aliphatic rings. The van der Waals surface area contributed by atoms with Gasteiger partial charge in [0.2, 0.25) is 0 Å². The standard InChI is InChI=1S/C11H18O/c1-9(2)8(12)10(3)5-6-11(9,4)7-10/h5-7H2,1-4H3/t10-,11+/m0/s1. The van der Waals surface area contributed by atoms with Crippen molar-refractivity contribution in [3.8, 4) is 0 Å². The van der Waals surface area contributed by atoms with Crippen molar-refractivity contribution in [1.29, 1.82) is 0 Å². The Labute approximate surface area is 74.5 Å². The SMILES string of the molecule is CC1(C)C(=O)[C@@]2(C)CC[C@]1(C)C2. The number of carbonyl (C=O) groups is 1. The Morgan fingerprint density at radius 2 is 1.67 bits per heavy atom. The number of hydrogen-bond acceptors (Lipinski definition) is 1. The number of carbonyl (C=O) groups excluding carboxylic acids is 1. The summed E-state index contributed by atoms with van der Waals surface area (Å²) in [7, 11) is 0. The monoisotopic (exact) mass is 166 g/mol. The van der Waals surface area contributed by atoms with Crippen LogP contribution in [0, 0.1) is 16.2 Å². The molecule has 2 saturated carbocycles. The summed E-state index contributed by atoms with van der Waals surface area (Å²) in [5.74, 6) is 0.503. The summed E-state index contributed by atoms with van der Waals surface area (Å²) < 4.78 is 0.